The van der Waals surface area contributed by atoms with Crippen LogP contribution in [0, 0.1) is 0 Å². The Labute approximate surface area is 315 Å². The average Bonchev–Trinajstić information content (AvgIpc) is 3.75. The maximum Gasteiger partial charge on any atom is 0.144 e. The maximum absolute atomic E-state index is 4.95. The number of pyridine rings is 1. The third kappa shape index (κ3) is 5.49. The number of fused-ring (bicyclic) bond motifs is 8. The summed E-state index contributed by atoms with van der Waals surface area (Å²) in [5.74, 6) is 0.872. The molecule has 1 aliphatic carbocycles. The number of aromatic nitrogens is 3. The first-order chi connectivity index (χ1) is 26.8. The minimum Gasteiger partial charge on any atom is -0.310 e. The smallest absolute Gasteiger partial charge is 0.144 e. The second-order valence-electron chi connectivity index (χ2n) is 13.5. The highest BCUT2D eigenvalue weighted by Gasteiger charge is 2.23. The Morgan fingerprint density at radius 2 is 0.870 bits per heavy atom. The monoisotopic (exact) mass is 690 g/mol. The Hall–Kier alpha value is -7.30. The fraction of sp³-hybridized carbons (Fsp3) is 0. The van der Waals surface area contributed by atoms with Crippen LogP contribution >= 0.6 is 0 Å². The van der Waals surface area contributed by atoms with E-state index in [1.807, 2.05) is 30.6 Å². The van der Waals surface area contributed by atoms with Gasteiger partial charge in [0.05, 0.1) is 5.69 Å². The number of hydrogen-bond acceptors (Lipinski definition) is 3. The molecule has 1 aliphatic rings. The second kappa shape index (κ2) is 13.4. The van der Waals surface area contributed by atoms with Crippen LogP contribution in [-0.4, -0.2) is 14.5 Å². The van der Waals surface area contributed by atoms with Crippen LogP contribution in [0.2, 0.25) is 0 Å². The number of imidazole rings is 1. The molecule has 0 amide bonds. The summed E-state index contributed by atoms with van der Waals surface area (Å²) < 4.78 is 2.20. The van der Waals surface area contributed by atoms with E-state index in [4.69, 9.17) is 4.98 Å². The number of hydrogen-bond donors (Lipinski definition) is 0. The quantitative estimate of drug-likeness (QED) is 0.174. The Bertz CT molecular complexity index is 2780. The van der Waals surface area contributed by atoms with E-state index in [2.05, 4.69) is 191 Å². The van der Waals surface area contributed by atoms with Crippen LogP contribution in [0.3, 0.4) is 0 Å². The summed E-state index contributed by atoms with van der Waals surface area (Å²) in [6.45, 7) is 0. The van der Waals surface area contributed by atoms with Gasteiger partial charge in [0.1, 0.15) is 5.82 Å². The van der Waals surface area contributed by atoms with Crippen molar-refractivity contribution >= 4 is 17.1 Å². The minimum atomic E-state index is 0.872. The van der Waals surface area contributed by atoms with Gasteiger partial charge in [0, 0.05) is 52.5 Å². The molecular formula is C50H34N4. The highest BCUT2D eigenvalue weighted by atomic mass is 15.1. The molecule has 7 aromatic carbocycles. The van der Waals surface area contributed by atoms with Crippen molar-refractivity contribution in [1.29, 1.82) is 0 Å². The Kier molecular flexibility index (Phi) is 7.77. The number of benzene rings is 7. The molecule has 2 heterocycles. The third-order valence-corrected chi connectivity index (χ3v) is 10.3. The molecule has 0 fully saturated rings. The molecule has 0 spiro atoms. The molecule has 4 heteroatoms. The van der Waals surface area contributed by atoms with Gasteiger partial charge in [-0.05, 0) is 105 Å². The van der Waals surface area contributed by atoms with Crippen molar-refractivity contribution in [2.24, 2.45) is 0 Å². The average molecular weight is 691 g/mol. The van der Waals surface area contributed by atoms with Crippen LogP contribution in [0.15, 0.2) is 207 Å². The molecule has 54 heavy (non-hydrogen) atoms. The maximum atomic E-state index is 4.95. The summed E-state index contributed by atoms with van der Waals surface area (Å²) in [4.78, 5) is 11.9. The molecule has 4 nitrogen and oxygen atoms in total. The molecule has 9 aromatic rings. The fourth-order valence-electron chi connectivity index (χ4n) is 7.87. The van der Waals surface area contributed by atoms with Crippen molar-refractivity contribution < 1.29 is 0 Å². The van der Waals surface area contributed by atoms with Crippen molar-refractivity contribution in [1.82, 2.24) is 14.5 Å². The molecule has 2 aromatic heterocycles. The van der Waals surface area contributed by atoms with Gasteiger partial charge in [-0.2, -0.15) is 0 Å². The Balaban J connectivity index is 1.10. The molecule has 0 aliphatic heterocycles. The lowest BCUT2D eigenvalue weighted by Crippen LogP contribution is -2.10. The molecule has 0 radical (unpaired) electrons. The van der Waals surface area contributed by atoms with Crippen LogP contribution < -0.4 is 4.90 Å². The van der Waals surface area contributed by atoms with E-state index < -0.39 is 0 Å². The first-order valence-corrected chi connectivity index (χ1v) is 18.2. The topological polar surface area (TPSA) is 34.0 Å². The first kappa shape index (κ1) is 31.4. The molecule has 0 saturated carbocycles. The lowest BCUT2D eigenvalue weighted by molar-refractivity contribution is 1.07. The van der Waals surface area contributed by atoms with Gasteiger partial charge < -0.3 is 4.90 Å². The van der Waals surface area contributed by atoms with Gasteiger partial charge in [-0.1, -0.05) is 127 Å². The highest BCUT2D eigenvalue weighted by Crippen LogP contribution is 2.48. The minimum absolute atomic E-state index is 0.872. The summed E-state index contributed by atoms with van der Waals surface area (Å²) in [5.41, 5.74) is 17.0. The summed E-state index contributed by atoms with van der Waals surface area (Å²) in [6, 6.07) is 66.9. The second-order valence-corrected chi connectivity index (χ2v) is 13.5. The zero-order valence-electron chi connectivity index (χ0n) is 29.4. The predicted octanol–water partition coefficient (Wildman–Crippen LogP) is 13.1. The Morgan fingerprint density at radius 1 is 0.352 bits per heavy atom. The molecule has 0 atom stereocenters. The van der Waals surface area contributed by atoms with Gasteiger partial charge in [-0.25, -0.2) is 4.98 Å². The third-order valence-electron chi connectivity index (χ3n) is 10.3. The summed E-state index contributed by atoms with van der Waals surface area (Å²) in [5, 5.41) is 0. The highest BCUT2D eigenvalue weighted by molar-refractivity contribution is 6.03. The predicted molar refractivity (Wildman–Crippen MR) is 222 cm³/mol. The zero-order chi connectivity index (χ0) is 35.8. The summed E-state index contributed by atoms with van der Waals surface area (Å²) in [7, 11) is 0. The largest absolute Gasteiger partial charge is 0.310 e. The van der Waals surface area contributed by atoms with Gasteiger partial charge in [0.15, 0.2) is 0 Å². The van der Waals surface area contributed by atoms with Crippen LogP contribution in [0.5, 0.6) is 0 Å². The van der Waals surface area contributed by atoms with Gasteiger partial charge in [-0.3, -0.25) is 9.55 Å². The van der Waals surface area contributed by atoms with Gasteiger partial charge in [0.2, 0.25) is 0 Å². The molecule has 10 rings (SSSR count). The lowest BCUT2D eigenvalue weighted by atomic mass is 9.81. The van der Waals surface area contributed by atoms with Gasteiger partial charge >= 0.3 is 0 Å². The number of rotatable bonds is 6. The molecule has 0 unspecified atom stereocenters. The first-order valence-electron chi connectivity index (χ1n) is 18.2. The van der Waals surface area contributed by atoms with E-state index in [-0.39, 0.29) is 0 Å². The van der Waals surface area contributed by atoms with Gasteiger partial charge in [0.25, 0.3) is 0 Å². The van der Waals surface area contributed by atoms with E-state index >= 15 is 0 Å². The molecule has 0 saturated heterocycles. The fourth-order valence-corrected chi connectivity index (χ4v) is 7.87. The SMILES string of the molecule is c1ccc(N(c2cccc(-c3ccccn3)c2)c2cccc(-c3nccn3-c3ccc4c(c3)-c3ccccc3-c3ccccc3-c3ccccc3-4)c2)cc1. The normalized spacial score (nSPS) is 11.3. The number of para-hydroxylation sites is 1. The summed E-state index contributed by atoms with van der Waals surface area (Å²) in [6.07, 6.45) is 5.79. The van der Waals surface area contributed by atoms with Crippen LogP contribution in [-0.2, 0) is 0 Å². The molecule has 254 valence electrons. The summed E-state index contributed by atoms with van der Waals surface area (Å²) >= 11 is 0. The molecule has 0 N–H and O–H groups in total. The standard InChI is InChI=1S/C50H34N4/c1-2-16-37(17-3-1)54(39-18-12-14-35(32-39)49-26-10-11-29-51-49)40-19-13-15-36(33-40)50-52-30-31-53(50)38-27-28-47-45-24-7-6-22-43(45)41-20-4-5-21-42(41)44-23-8-9-25-46(44)48(47)34-38/h1-34H. The number of anilines is 3. The van der Waals surface area contributed by atoms with Crippen LogP contribution in [0.1, 0.15) is 0 Å². The molecular weight excluding hydrogens is 657 g/mol. The van der Waals surface area contributed by atoms with Crippen LogP contribution in [0.4, 0.5) is 17.1 Å². The Morgan fingerprint density at radius 3 is 1.48 bits per heavy atom. The van der Waals surface area contributed by atoms with Crippen molar-refractivity contribution in [3.63, 3.8) is 0 Å². The lowest BCUT2D eigenvalue weighted by Gasteiger charge is -2.26. The van der Waals surface area contributed by atoms with Gasteiger partial charge in [-0.15, -0.1) is 0 Å². The van der Waals surface area contributed by atoms with Crippen molar-refractivity contribution in [3.8, 4) is 72.8 Å². The van der Waals surface area contributed by atoms with Crippen molar-refractivity contribution in [2.75, 3.05) is 4.90 Å². The van der Waals surface area contributed by atoms with Crippen molar-refractivity contribution in [3.05, 3.63) is 207 Å². The van der Waals surface area contributed by atoms with E-state index in [0.29, 0.717) is 0 Å². The molecule has 0 bridgehead atoms. The van der Waals surface area contributed by atoms with E-state index in [0.717, 1.165) is 45.4 Å². The van der Waals surface area contributed by atoms with E-state index in [1.165, 1.54) is 44.5 Å². The van der Waals surface area contributed by atoms with E-state index in [9.17, 15) is 0 Å². The van der Waals surface area contributed by atoms with Crippen LogP contribution in [0.25, 0.3) is 72.8 Å². The number of nitrogens with zero attached hydrogens (tertiary/aromatic N) is 4. The zero-order valence-corrected chi connectivity index (χ0v) is 29.4. The van der Waals surface area contributed by atoms with E-state index in [1.54, 1.807) is 0 Å². The van der Waals surface area contributed by atoms with Crippen molar-refractivity contribution in [2.45, 2.75) is 0 Å².